The van der Waals surface area contributed by atoms with E-state index < -0.39 is 0 Å². The maximum Gasteiger partial charge on any atom is 0.321 e. The van der Waals surface area contributed by atoms with Gasteiger partial charge < -0.3 is 16.0 Å². The molecule has 0 saturated heterocycles. The number of carbonyl (C=O) groups excluding carboxylic acids is 1. The molecule has 1 unspecified atom stereocenters. The minimum atomic E-state index is -0.207. The van der Waals surface area contributed by atoms with Crippen LogP contribution in [0.4, 0.5) is 10.5 Å². The fraction of sp³-hybridized carbons (Fsp3) is 0.333. The highest BCUT2D eigenvalue weighted by molar-refractivity contribution is 7.80. The number of hydrogen-bond donors (Lipinski definition) is 2. The van der Waals surface area contributed by atoms with Gasteiger partial charge in [-0.1, -0.05) is 23.8 Å². The third-order valence-electron chi connectivity index (χ3n) is 2.57. The zero-order chi connectivity index (χ0) is 13.7. The Hall–Kier alpha value is -1.33. The number of thiocarbonyl (C=S) groups is 1. The van der Waals surface area contributed by atoms with Crippen LogP contribution < -0.4 is 11.1 Å². The standard InChI is InChI=1S/C12H16ClN3OS/c1-8(7-11(14)18)16(2)12(17)15-10-5-3-9(13)4-6-10/h3-6,8H,7H2,1-2H3,(H2,14,18)(H,15,17). The van der Waals surface area contributed by atoms with E-state index in [1.807, 2.05) is 6.92 Å². The summed E-state index contributed by atoms with van der Waals surface area (Å²) in [7, 11) is 1.70. The number of anilines is 1. The van der Waals surface area contributed by atoms with Crippen LogP contribution in [0.1, 0.15) is 13.3 Å². The van der Waals surface area contributed by atoms with Crippen molar-refractivity contribution >= 4 is 40.5 Å². The second kappa shape index (κ2) is 6.56. The van der Waals surface area contributed by atoms with Crippen LogP contribution in [0.25, 0.3) is 0 Å². The van der Waals surface area contributed by atoms with Crippen molar-refractivity contribution in [3.05, 3.63) is 29.3 Å². The van der Waals surface area contributed by atoms with Crippen LogP contribution in [-0.4, -0.2) is 29.0 Å². The second-order valence-electron chi connectivity index (χ2n) is 4.07. The summed E-state index contributed by atoms with van der Waals surface area (Å²) in [6, 6.07) is 6.67. The largest absolute Gasteiger partial charge is 0.393 e. The number of carbonyl (C=O) groups is 1. The van der Waals surface area contributed by atoms with Crippen molar-refractivity contribution in [3.63, 3.8) is 0 Å². The van der Waals surface area contributed by atoms with Gasteiger partial charge in [-0.15, -0.1) is 0 Å². The SMILES string of the molecule is CC(CC(N)=S)N(C)C(=O)Nc1ccc(Cl)cc1. The Morgan fingerprint density at radius 2 is 2.06 bits per heavy atom. The lowest BCUT2D eigenvalue weighted by atomic mass is 10.2. The van der Waals surface area contributed by atoms with Crippen molar-refractivity contribution in [1.29, 1.82) is 0 Å². The lowest BCUT2D eigenvalue weighted by Gasteiger charge is -2.24. The fourth-order valence-electron chi connectivity index (χ4n) is 1.37. The molecule has 1 atom stereocenters. The summed E-state index contributed by atoms with van der Waals surface area (Å²) in [4.78, 5) is 13.9. The van der Waals surface area contributed by atoms with Crippen molar-refractivity contribution in [2.75, 3.05) is 12.4 Å². The maximum absolute atomic E-state index is 11.9. The molecule has 0 aliphatic heterocycles. The number of nitrogens with two attached hydrogens (primary N) is 1. The number of nitrogens with zero attached hydrogens (tertiary/aromatic N) is 1. The number of nitrogens with one attached hydrogen (secondary N) is 1. The normalized spacial score (nSPS) is 11.7. The van der Waals surface area contributed by atoms with Crippen LogP contribution >= 0.6 is 23.8 Å². The molecule has 0 fully saturated rings. The summed E-state index contributed by atoms with van der Waals surface area (Å²) in [5, 5.41) is 3.40. The fourth-order valence-corrected chi connectivity index (χ4v) is 1.74. The van der Waals surface area contributed by atoms with E-state index in [-0.39, 0.29) is 12.1 Å². The highest BCUT2D eigenvalue weighted by Gasteiger charge is 2.16. The number of benzene rings is 1. The van der Waals surface area contributed by atoms with Gasteiger partial charge in [-0.25, -0.2) is 4.79 Å². The summed E-state index contributed by atoms with van der Waals surface area (Å²) in [5.74, 6) is 0. The first kappa shape index (κ1) is 14.7. The highest BCUT2D eigenvalue weighted by atomic mass is 35.5. The van der Waals surface area contributed by atoms with E-state index in [0.717, 1.165) is 0 Å². The zero-order valence-corrected chi connectivity index (χ0v) is 11.9. The third kappa shape index (κ3) is 4.50. The Balaban J connectivity index is 2.59. The van der Waals surface area contributed by atoms with Gasteiger partial charge in [0.25, 0.3) is 0 Å². The van der Waals surface area contributed by atoms with Crippen LogP contribution in [0.3, 0.4) is 0 Å². The molecule has 0 bridgehead atoms. The smallest absolute Gasteiger partial charge is 0.321 e. The maximum atomic E-state index is 11.9. The summed E-state index contributed by atoms with van der Waals surface area (Å²) in [5.41, 5.74) is 6.15. The van der Waals surface area contributed by atoms with Crippen molar-refractivity contribution < 1.29 is 4.79 Å². The van der Waals surface area contributed by atoms with Crippen molar-refractivity contribution in [3.8, 4) is 0 Å². The van der Waals surface area contributed by atoms with Gasteiger partial charge in [0.15, 0.2) is 0 Å². The van der Waals surface area contributed by atoms with E-state index in [0.29, 0.717) is 22.1 Å². The van der Waals surface area contributed by atoms with Gasteiger partial charge >= 0.3 is 6.03 Å². The van der Waals surface area contributed by atoms with Crippen molar-refractivity contribution in [2.24, 2.45) is 5.73 Å². The lowest BCUT2D eigenvalue weighted by Crippen LogP contribution is -2.40. The summed E-state index contributed by atoms with van der Waals surface area (Å²) >= 11 is 10.6. The van der Waals surface area contributed by atoms with Gasteiger partial charge in [0.2, 0.25) is 0 Å². The monoisotopic (exact) mass is 285 g/mol. The quantitative estimate of drug-likeness (QED) is 0.837. The molecule has 0 aliphatic rings. The predicted octanol–water partition coefficient (Wildman–Crippen LogP) is 2.87. The van der Waals surface area contributed by atoms with E-state index in [2.05, 4.69) is 5.32 Å². The topological polar surface area (TPSA) is 58.4 Å². The van der Waals surface area contributed by atoms with Gasteiger partial charge in [-0.05, 0) is 31.2 Å². The molecular weight excluding hydrogens is 270 g/mol. The minimum absolute atomic E-state index is 0.0465. The molecule has 6 heteroatoms. The first-order valence-corrected chi connectivity index (χ1v) is 6.26. The Kier molecular flexibility index (Phi) is 5.37. The zero-order valence-electron chi connectivity index (χ0n) is 10.3. The Labute approximate surface area is 117 Å². The minimum Gasteiger partial charge on any atom is -0.393 e. The number of hydrogen-bond acceptors (Lipinski definition) is 2. The Bertz CT molecular complexity index is 435. The molecule has 98 valence electrons. The molecule has 1 aromatic rings. The molecule has 0 spiro atoms. The third-order valence-corrected chi connectivity index (χ3v) is 2.99. The molecule has 0 aliphatic carbocycles. The van der Waals surface area contributed by atoms with Crippen LogP contribution in [0.15, 0.2) is 24.3 Å². The van der Waals surface area contributed by atoms with Gasteiger partial charge in [0.05, 0.1) is 4.99 Å². The molecule has 4 nitrogen and oxygen atoms in total. The number of amides is 2. The van der Waals surface area contributed by atoms with Crippen LogP contribution in [0, 0.1) is 0 Å². The van der Waals surface area contributed by atoms with Gasteiger partial charge in [0.1, 0.15) is 0 Å². The van der Waals surface area contributed by atoms with Gasteiger partial charge in [-0.3, -0.25) is 0 Å². The average molecular weight is 286 g/mol. The van der Waals surface area contributed by atoms with Gasteiger partial charge in [0, 0.05) is 30.2 Å². The highest BCUT2D eigenvalue weighted by Crippen LogP contribution is 2.14. The summed E-state index contributed by atoms with van der Waals surface area (Å²) in [6.45, 7) is 1.89. The molecule has 2 amide bonds. The molecule has 18 heavy (non-hydrogen) atoms. The molecule has 3 N–H and O–H groups in total. The predicted molar refractivity (Wildman–Crippen MR) is 79.1 cm³/mol. The summed E-state index contributed by atoms with van der Waals surface area (Å²) < 4.78 is 0. The van der Waals surface area contributed by atoms with E-state index in [1.54, 1.807) is 36.2 Å². The molecule has 0 heterocycles. The van der Waals surface area contributed by atoms with E-state index in [9.17, 15) is 4.79 Å². The van der Waals surface area contributed by atoms with Crippen molar-refractivity contribution in [2.45, 2.75) is 19.4 Å². The average Bonchev–Trinajstić information content (AvgIpc) is 2.30. The summed E-state index contributed by atoms with van der Waals surface area (Å²) in [6.07, 6.45) is 0.500. The van der Waals surface area contributed by atoms with Crippen molar-refractivity contribution in [1.82, 2.24) is 4.90 Å². The van der Waals surface area contributed by atoms with Crippen LogP contribution in [0.5, 0.6) is 0 Å². The van der Waals surface area contributed by atoms with Crippen LogP contribution in [0.2, 0.25) is 5.02 Å². The van der Waals surface area contributed by atoms with Crippen LogP contribution in [-0.2, 0) is 0 Å². The lowest BCUT2D eigenvalue weighted by molar-refractivity contribution is 0.209. The molecule has 0 saturated carbocycles. The number of rotatable bonds is 4. The first-order chi connectivity index (χ1) is 8.40. The molecular formula is C12H16ClN3OS. The first-order valence-electron chi connectivity index (χ1n) is 5.48. The number of halogens is 1. The van der Waals surface area contributed by atoms with E-state index in [1.165, 1.54) is 0 Å². The molecule has 1 rings (SSSR count). The van der Waals surface area contributed by atoms with E-state index in [4.69, 9.17) is 29.6 Å². The Morgan fingerprint density at radius 1 is 1.50 bits per heavy atom. The Morgan fingerprint density at radius 3 is 2.56 bits per heavy atom. The van der Waals surface area contributed by atoms with E-state index >= 15 is 0 Å². The van der Waals surface area contributed by atoms with Gasteiger partial charge in [-0.2, -0.15) is 0 Å². The molecule has 1 aromatic carbocycles. The molecule has 0 aromatic heterocycles. The second-order valence-corrected chi connectivity index (χ2v) is 5.03. The molecule has 0 radical (unpaired) electrons. The number of urea groups is 1.